The first-order chi connectivity index (χ1) is 16.8. The summed E-state index contributed by atoms with van der Waals surface area (Å²) in [4.78, 5) is 27.9. The zero-order chi connectivity index (χ0) is 24.9. The number of anilines is 1. The first-order valence-corrected chi connectivity index (χ1v) is 11.9. The lowest BCUT2D eigenvalue weighted by Crippen LogP contribution is -2.07. The molecule has 0 saturated heterocycles. The van der Waals surface area contributed by atoms with Gasteiger partial charge in [0, 0.05) is 21.7 Å². The molecule has 7 nitrogen and oxygen atoms in total. The standard InChI is InChI=1S/C26H20ClIN2O5/c1-15(31)29-20-9-5-18(6-10-20)25-30-22(26(32)35-25)12-17-11-21(27)24(23(13-17)33-2)34-14-16-3-7-19(28)8-4-16/h3-13H,14H2,1-2H3,(H,29,31)/b22-12-. The normalized spacial score (nSPS) is 13.9. The van der Waals surface area contributed by atoms with E-state index in [-0.39, 0.29) is 17.5 Å². The minimum Gasteiger partial charge on any atom is -0.493 e. The maximum absolute atomic E-state index is 12.4. The van der Waals surface area contributed by atoms with Crippen molar-refractivity contribution < 1.29 is 23.8 Å². The quantitative estimate of drug-likeness (QED) is 0.209. The number of carbonyl (C=O) groups excluding carboxylic acids is 2. The van der Waals surface area contributed by atoms with Gasteiger partial charge >= 0.3 is 5.97 Å². The number of nitrogens with one attached hydrogen (secondary N) is 1. The van der Waals surface area contributed by atoms with E-state index in [0.29, 0.717) is 39.9 Å². The van der Waals surface area contributed by atoms with Crippen molar-refractivity contribution in [3.63, 3.8) is 0 Å². The molecule has 178 valence electrons. The maximum Gasteiger partial charge on any atom is 0.363 e. The van der Waals surface area contributed by atoms with E-state index in [9.17, 15) is 9.59 Å². The van der Waals surface area contributed by atoms with E-state index in [1.807, 2.05) is 24.3 Å². The van der Waals surface area contributed by atoms with Gasteiger partial charge in [0.15, 0.2) is 17.2 Å². The van der Waals surface area contributed by atoms with E-state index in [1.165, 1.54) is 14.0 Å². The summed E-state index contributed by atoms with van der Waals surface area (Å²) in [5.74, 6) is 0.255. The summed E-state index contributed by atoms with van der Waals surface area (Å²) in [5, 5.41) is 3.02. The number of rotatable bonds is 7. The molecule has 0 unspecified atom stereocenters. The van der Waals surface area contributed by atoms with Crippen LogP contribution >= 0.6 is 34.2 Å². The first kappa shape index (κ1) is 24.7. The highest BCUT2D eigenvalue weighted by atomic mass is 127. The zero-order valence-corrected chi connectivity index (χ0v) is 21.7. The van der Waals surface area contributed by atoms with Gasteiger partial charge in [0.1, 0.15) is 6.61 Å². The molecule has 0 atom stereocenters. The van der Waals surface area contributed by atoms with Crippen molar-refractivity contribution in [1.29, 1.82) is 0 Å². The van der Waals surface area contributed by atoms with E-state index >= 15 is 0 Å². The maximum atomic E-state index is 12.4. The van der Waals surface area contributed by atoms with Gasteiger partial charge in [-0.15, -0.1) is 0 Å². The minimum atomic E-state index is -0.583. The first-order valence-electron chi connectivity index (χ1n) is 10.5. The van der Waals surface area contributed by atoms with Crippen molar-refractivity contribution in [3.8, 4) is 11.5 Å². The van der Waals surface area contributed by atoms with Gasteiger partial charge in [-0.25, -0.2) is 9.79 Å². The number of nitrogens with zero attached hydrogens (tertiary/aromatic N) is 1. The molecule has 0 bridgehead atoms. The average molecular weight is 603 g/mol. The van der Waals surface area contributed by atoms with Crippen LogP contribution in [0.5, 0.6) is 11.5 Å². The Labute approximate surface area is 220 Å². The van der Waals surface area contributed by atoms with Crippen LogP contribution in [0.25, 0.3) is 6.08 Å². The molecular weight excluding hydrogens is 583 g/mol. The molecule has 0 spiro atoms. The molecule has 4 rings (SSSR count). The van der Waals surface area contributed by atoms with Crippen LogP contribution in [-0.4, -0.2) is 24.9 Å². The third kappa shape index (κ3) is 6.20. The van der Waals surface area contributed by atoms with Gasteiger partial charge in [-0.05, 0) is 88.3 Å². The van der Waals surface area contributed by atoms with Gasteiger partial charge in [0.05, 0.1) is 12.1 Å². The van der Waals surface area contributed by atoms with Crippen LogP contribution in [0.2, 0.25) is 5.02 Å². The highest BCUT2D eigenvalue weighted by Gasteiger charge is 2.24. The lowest BCUT2D eigenvalue weighted by Gasteiger charge is -2.13. The Balaban J connectivity index is 1.54. The number of methoxy groups -OCH3 is 1. The molecule has 1 N–H and O–H groups in total. The highest BCUT2D eigenvalue weighted by Crippen LogP contribution is 2.38. The van der Waals surface area contributed by atoms with Crippen molar-refractivity contribution in [2.45, 2.75) is 13.5 Å². The third-order valence-corrected chi connectivity index (χ3v) is 5.92. The van der Waals surface area contributed by atoms with Gasteiger partial charge in [0.2, 0.25) is 11.8 Å². The Hall–Kier alpha value is -3.37. The molecule has 3 aromatic carbocycles. The van der Waals surface area contributed by atoms with Crippen molar-refractivity contribution in [1.82, 2.24) is 0 Å². The Morgan fingerprint density at radius 1 is 1.14 bits per heavy atom. The summed E-state index contributed by atoms with van der Waals surface area (Å²) in [7, 11) is 1.52. The van der Waals surface area contributed by atoms with Crippen LogP contribution in [0.4, 0.5) is 5.69 Å². The molecule has 35 heavy (non-hydrogen) atoms. The molecule has 1 amide bonds. The fraction of sp³-hybridized carbons (Fsp3) is 0.115. The number of halogens is 2. The predicted molar refractivity (Wildman–Crippen MR) is 143 cm³/mol. The lowest BCUT2D eigenvalue weighted by molar-refractivity contribution is -0.129. The zero-order valence-electron chi connectivity index (χ0n) is 18.8. The fourth-order valence-electron chi connectivity index (χ4n) is 3.29. The molecule has 0 radical (unpaired) electrons. The molecule has 0 fully saturated rings. The second kappa shape index (κ2) is 10.9. The van der Waals surface area contributed by atoms with Gasteiger partial charge in [-0.3, -0.25) is 4.79 Å². The molecular formula is C26H20ClIN2O5. The van der Waals surface area contributed by atoms with Crippen LogP contribution in [0, 0.1) is 3.57 Å². The number of hydrogen-bond donors (Lipinski definition) is 1. The minimum absolute atomic E-state index is 0.122. The SMILES string of the molecule is COc1cc(/C=C2\N=C(c3ccc(NC(C)=O)cc3)OC2=O)cc(Cl)c1OCc1ccc(I)cc1. The number of esters is 1. The summed E-state index contributed by atoms with van der Waals surface area (Å²) in [5.41, 5.74) is 2.96. The Kier molecular flexibility index (Phi) is 7.72. The number of ether oxygens (including phenoxy) is 3. The Morgan fingerprint density at radius 2 is 1.86 bits per heavy atom. The summed E-state index contributed by atoms with van der Waals surface area (Å²) in [6.07, 6.45) is 1.57. The Bertz CT molecular complexity index is 1340. The van der Waals surface area contributed by atoms with Crippen LogP contribution < -0.4 is 14.8 Å². The average Bonchev–Trinajstić information content (AvgIpc) is 3.19. The summed E-state index contributed by atoms with van der Waals surface area (Å²) < 4.78 is 17.8. The lowest BCUT2D eigenvalue weighted by atomic mass is 10.1. The molecule has 0 aliphatic carbocycles. The fourth-order valence-corrected chi connectivity index (χ4v) is 3.92. The summed E-state index contributed by atoms with van der Waals surface area (Å²) in [6, 6.07) is 18.2. The molecule has 0 saturated carbocycles. The number of amides is 1. The predicted octanol–water partition coefficient (Wildman–Crippen LogP) is 5.84. The van der Waals surface area contributed by atoms with Crippen molar-refractivity contribution in [2.24, 2.45) is 4.99 Å². The van der Waals surface area contributed by atoms with E-state index in [1.54, 1.807) is 42.5 Å². The van der Waals surface area contributed by atoms with E-state index in [4.69, 9.17) is 25.8 Å². The highest BCUT2D eigenvalue weighted by molar-refractivity contribution is 14.1. The topological polar surface area (TPSA) is 86.2 Å². The molecule has 0 aromatic heterocycles. The second-order valence-electron chi connectivity index (χ2n) is 7.54. The number of carbonyl (C=O) groups is 2. The second-order valence-corrected chi connectivity index (χ2v) is 9.20. The molecule has 1 heterocycles. The Morgan fingerprint density at radius 3 is 2.51 bits per heavy atom. The van der Waals surface area contributed by atoms with E-state index < -0.39 is 5.97 Å². The van der Waals surface area contributed by atoms with Crippen LogP contribution in [0.15, 0.2) is 71.4 Å². The number of cyclic esters (lactones) is 1. The van der Waals surface area contributed by atoms with E-state index in [0.717, 1.165) is 9.13 Å². The molecule has 9 heteroatoms. The number of benzene rings is 3. The summed E-state index contributed by atoms with van der Waals surface area (Å²) >= 11 is 8.73. The van der Waals surface area contributed by atoms with Gasteiger partial charge < -0.3 is 19.5 Å². The third-order valence-electron chi connectivity index (χ3n) is 4.92. The van der Waals surface area contributed by atoms with Crippen molar-refractivity contribution >= 4 is 63.7 Å². The van der Waals surface area contributed by atoms with Crippen LogP contribution in [0.3, 0.4) is 0 Å². The van der Waals surface area contributed by atoms with Crippen LogP contribution in [-0.2, 0) is 20.9 Å². The van der Waals surface area contributed by atoms with Gasteiger partial charge in [0.25, 0.3) is 0 Å². The van der Waals surface area contributed by atoms with Gasteiger partial charge in [-0.2, -0.15) is 0 Å². The number of hydrogen-bond acceptors (Lipinski definition) is 6. The monoisotopic (exact) mass is 602 g/mol. The van der Waals surface area contributed by atoms with Crippen molar-refractivity contribution in [3.05, 3.63) is 91.6 Å². The van der Waals surface area contributed by atoms with Crippen molar-refractivity contribution in [2.75, 3.05) is 12.4 Å². The van der Waals surface area contributed by atoms with Crippen LogP contribution in [0.1, 0.15) is 23.6 Å². The van der Waals surface area contributed by atoms with Gasteiger partial charge in [-0.1, -0.05) is 23.7 Å². The smallest absolute Gasteiger partial charge is 0.363 e. The molecule has 3 aromatic rings. The molecule has 1 aliphatic rings. The number of aliphatic imine (C=N–C) groups is 1. The summed E-state index contributed by atoms with van der Waals surface area (Å²) in [6.45, 7) is 1.76. The largest absolute Gasteiger partial charge is 0.493 e. The molecule has 1 aliphatic heterocycles. The van der Waals surface area contributed by atoms with E-state index in [2.05, 4.69) is 32.9 Å².